The highest BCUT2D eigenvalue weighted by Crippen LogP contribution is 2.36. The van der Waals surface area contributed by atoms with Crippen molar-refractivity contribution in [1.29, 1.82) is 5.26 Å². The molecule has 1 amide bonds. The Balaban J connectivity index is 1.66. The molecule has 3 rings (SSSR count). The number of rotatable bonds is 5. The maximum atomic E-state index is 12.2. The highest BCUT2D eigenvalue weighted by atomic mass is 32.1. The number of thiophene rings is 1. The van der Waals surface area contributed by atoms with Crippen LogP contribution in [-0.2, 0) is 28.8 Å². The molecule has 0 aliphatic heterocycles. The molecule has 1 N–H and O–H groups in total. The van der Waals surface area contributed by atoms with E-state index in [9.17, 15) is 14.9 Å². The molecule has 1 aliphatic rings. The summed E-state index contributed by atoms with van der Waals surface area (Å²) in [6, 6.07) is 2.21. The SMILES string of the molecule is CCc1noc(C)c1C(=O)OCC(=O)Nc1sc2c(c1C#N)CCCCC2. The molecule has 0 fully saturated rings. The zero-order valence-electron chi connectivity index (χ0n) is 15.4. The number of amides is 1. The molecule has 1 aliphatic carbocycles. The molecule has 27 heavy (non-hydrogen) atoms. The predicted octanol–water partition coefficient (Wildman–Crippen LogP) is 3.54. The van der Waals surface area contributed by atoms with E-state index >= 15 is 0 Å². The van der Waals surface area contributed by atoms with Crippen molar-refractivity contribution in [2.45, 2.75) is 52.4 Å². The fourth-order valence-electron chi connectivity index (χ4n) is 3.24. The molecule has 0 atom stereocenters. The second-order valence-electron chi connectivity index (χ2n) is 6.42. The third-order valence-electron chi connectivity index (χ3n) is 4.59. The Bertz CT molecular complexity index is 907. The maximum Gasteiger partial charge on any atom is 0.344 e. The summed E-state index contributed by atoms with van der Waals surface area (Å²) in [5.74, 6) is -0.738. The largest absolute Gasteiger partial charge is 0.452 e. The molecule has 0 saturated carbocycles. The molecular formula is C19H21N3O4S. The summed E-state index contributed by atoms with van der Waals surface area (Å²) in [6.07, 6.45) is 5.65. The summed E-state index contributed by atoms with van der Waals surface area (Å²) in [4.78, 5) is 25.6. The van der Waals surface area contributed by atoms with Crippen molar-refractivity contribution < 1.29 is 18.8 Å². The normalized spacial score (nSPS) is 13.4. The molecule has 2 aromatic rings. The summed E-state index contributed by atoms with van der Waals surface area (Å²) in [5, 5.41) is 16.6. The van der Waals surface area contributed by atoms with Crippen LogP contribution in [0.3, 0.4) is 0 Å². The first-order chi connectivity index (χ1) is 13.0. The number of hydrogen-bond acceptors (Lipinski definition) is 7. The van der Waals surface area contributed by atoms with E-state index in [1.807, 2.05) is 6.92 Å². The number of esters is 1. The van der Waals surface area contributed by atoms with Crippen molar-refractivity contribution >= 4 is 28.2 Å². The lowest BCUT2D eigenvalue weighted by Gasteiger charge is -2.06. The smallest absolute Gasteiger partial charge is 0.344 e. The molecule has 0 saturated heterocycles. The van der Waals surface area contributed by atoms with E-state index in [0.29, 0.717) is 28.4 Å². The third kappa shape index (κ3) is 4.03. The van der Waals surface area contributed by atoms with Crippen molar-refractivity contribution in [3.05, 3.63) is 33.0 Å². The van der Waals surface area contributed by atoms with Crippen LogP contribution in [0.1, 0.15) is 64.0 Å². The molecule has 2 aromatic heterocycles. The van der Waals surface area contributed by atoms with Crippen molar-refractivity contribution in [2.75, 3.05) is 11.9 Å². The quantitative estimate of drug-likeness (QED) is 0.621. The molecule has 8 heteroatoms. The van der Waals surface area contributed by atoms with Crippen molar-refractivity contribution in [3.63, 3.8) is 0 Å². The summed E-state index contributed by atoms with van der Waals surface area (Å²) in [7, 11) is 0. The van der Waals surface area contributed by atoms with Gasteiger partial charge < -0.3 is 14.6 Å². The lowest BCUT2D eigenvalue weighted by atomic mass is 10.1. The van der Waals surface area contributed by atoms with Gasteiger partial charge in [-0.1, -0.05) is 18.5 Å². The number of ether oxygens (including phenoxy) is 1. The van der Waals surface area contributed by atoms with Crippen LogP contribution in [-0.4, -0.2) is 23.6 Å². The van der Waals surface area contributed by atoms with Crippen LogP contribution in [0, 0.1) is 18.3 Å². The molecule has 0 unspecified atom stereocenters. The van der Waals surface area contributed by atoms with Gasteiger partial charge in [-0.05, 0) is 44.6 Å². The topological polar surface area (TPSA) is 105 Å². The lowest BCUT2D eigenvalue weighted by molar-refractivity contribution is -0.119. The second-order valence-corrected chi connectivity index (χ2v) is 7.52. The molecule has 2 heterocycles. The number of fused-ring (bicyclic) bond motifs is 1. The number of carbonyl (C=O) groups excluding carboxylic acids is 2. The van der Waals surface area contributed by atoms with Gasteiger partial charge in [0.25, 0.3) is 5.91 Å². The maximum absolute atomic E-state index is 12.2. The highest BCUT2D eigenvalue weighted by Gasteiger charge is 2.23. The minimum absolute atomic E-state index is 0.269. The first-order valence-corrected chi connectivity index (χ1v) is 9.83. The number of nitrogens with zero attached hydrogens (tertiary/aromatic N) is 2. The van der Waals surface area contributed by atoms with Crippen LogP contribution >= 0.6 is 11.3 Å². The summed E-state index contributed by atoms with van der Waals surface area (Å²) >= 11 is 1.45. The van der Waals surface area contributed by atoms with Gasteiger partial charge in [-0.3, -0.25) is 4.79 Å². The first kappa shape index (κ1) is 19.1. The van der Waals surface area contributed by atoms with Crippen molar-refractivity contribution in [1.82, 2.24) is 5.16 Å². The van der Waals surface area contributed by atoms with E-state index in [4.69, 9.17) is 9.26 Å². The van der Waals surface area contributed by atoms with Crippen LogP contribution < -0.4 is 5.32 Å². The number of aromatic nitrogens is 1. The molecule has 7 nitrogen and oxygen atoms in total. The van der Waals surface area contributed by atoms with Gasteiger partial charge in [0.2, 0.25) is 0 Å². The monoisotopic (exact) mass is 387 g/mol. The zero-order chi connectivity index (χ0) is 19.4. The Morgan fingerprint density at radius 1 is 1.33 bits per heavy atom. The average Bonchev–Trinajstić information content (AvgIpc) is 3.10. The zero-order valence-corrected chi connectivity index (χ0v) is 16.2. The highest BCUT2D eigenvalue weighted by molar-refractivity contribution is 7.16. The minimum atomic E-state index is -0.636. The van der Waals surface area contributed by atoms with Crippen molar-refractivity contribution in [2.24, 2.45) is 0 Å². The van der Waals surface area contributed by atoms with E-state index < -0.39 is 18.5 Å². The van der Waals surface area contributed by atoms with Gasteiger partial charge in [-0.25, -0.2) is 4.79 Å². The van der Waals surface area contributed by atoms with Gasteiger partial charge in [-0.15, -0.1) is 11.3 Å². The van der Waals surface area contributed by atoms with E-state index in [1.165, 1.54) is 16.2 Å². The van der Waals surface area contributed by atoms with Crippen LogP contribution in [0.4, 0.5) is 5.00 Å². The van der Waals surface area contributed by atoms with E-state index in [2.05, 4.69) is 16.5 Å². The number of nitrogens with one attached hydrogen (secondary N) is 1. The average molecular weight is 387 g/mol. The number of carbonyl (C=O) groups is 2. The van der Waals surface area contributed by atoms with E-state index in [-0.39, 0.29) is 5.56 Å². The Kier molecular flexibility index (Phi) is 5.91. The number of aryl methyl sites for hydroxylation is 3. The number of nitriles is 1. The van der Waals surface area contributed by atoms with Gasteiger partial charge in [0, 0.05) is 4.88 Å². The fourth-order valence-corrected chi connectivity index (χ4v) is 4.49. The molecule has 0 bridgehead atoms. The summed E-state index contributed by atoms with van der Waals surface area (Å²) < 4.78 is 10.1. The van der Waals surface area contributed by atoms with Gasteiger partial charge >= 0.3 is 5.97 Å². The molecule has 0 aromatic carbocycles. The number of hydrogen-bond donors (Lipinski definition) is 1. The Morgan fingerprint density at radius 3 is 2.85 bits per heavy atom. The molecular weight excluding hydrogens is 366 g/mol. The second kappa shape index (κ2) is 8.35. The Morgan fingerprint density at radius 2 is 2.11 bits per heavy atom. The van der Waals surface area contributed by atoms with Gasteiger partial charge in [0.05, 0.1) is 11.3 Å². The third-order valence-corrected chi connectivity index (χ3v) is 5.80. The van der Waals surface area contributed by atoms with Crippen LogP contribution in [0.2, 0.25) is 0 Å². The van der Waals surface area contributed by atoms with Gasteiger partial charge in [-0.2, -0.15) is 5.26 Å². The van der Waals surface area contributed by atoms with Crippen LogP contribution in [0.15, 0.2) is 4.52 Å². The Labute approximate surface area is 161 Å². The van der Waals surface area contributed by atoms with Crippen molar-refractivity contribution in [3.8, 4) is 6.07 Å². The minimum Gasteiger partial charge on any atom is -0.452 e. The predicted molar refractivity (Wildman–Crippen MR) is 99.8 cm³/mol. The molecule has 142 valence electrons. The standard InChI is InChI=1S/C19H21N3O4S/c1-3-14-17(11(2)26-22-14)19(24)25-10-16(23)21-18-13(9-20)12-7-5-4-6-8-15(12)27-18/h3-8,10H2,1-2H3,(H,21,23). The number of anilines is 1. The fraction of sp³-hybridized carbons (Fsp3) is 0.474. The molecule has 0 radical (unpaired) electrons. The Hall–Kier alpha value is -2.66. The van der Waals surface area contributed by atoms with Crippen LogP contribution in [0.25, 0.3) is 0 Å². The summed E-state index contributed by atoms with van der Waals surface area (Å²) in [5.41, 5.74) is 2.37. The van der Waals surface area contributed by atoms with Gasteiger partial charge in [0.1, 0.15) is 22.4 Å². The summed E-state index contributed by atoms with van der Waals surface area (Å²) in [6.45, 7) is 3.05. The van der Waals surface area contributed by atoms with E-state index in [1.54, 1.807) is 6.92 Å². The van der Waals surface area contributed by atoms with Crippen LogP contribution in [0.5, 0.6) is 0 Å². The first-order valence-electron chi connectivity index (χ1n) is 9.01. The van der Waals surface area contributed by atoms with E-state index in [0.717, 1.165) is 37.7 Å². The molecule has 0 spiro atoms. The lowest BCUT2D eigenvalue weighted by Crippen LogP contribution is -2.21. The van der Waals surface area contributed by atoms with Gasteiger partial charge in [0.15, 0.2) is 6.61 Å².